The molecule has 2 heterocycles. The number of nitrogens with zero attached hydrogens (tertiary/aromatic N) is 3. The molecule has 2 fully saturated rings. The van der Waals surface area contributed by atoms with Crippen molar-refractivity contribution in [2.45, 2.75) is 57.7 Å². The second-order valence-electron chi connectivity index (χ2n) is 8.85. The van der Waals surface area contributed by atoms with Gasteiger partial charge >= 0.3 is 0 Å². The Balaban J connectivity index is 1.38. The molecule has 2 aliphatic heterocycles. The van der Waals surface area contributed by atoms with Crippen LogP contribution in [0.4, 0.5) is 4.39 Å². The molecule has 2 aliphatic rings. The molecule has 0 aliphatic carbocycles. The molecule has 0 spiro atoms. The Morgan fingerprint density at radius 3 is 2.53 bits per heavy atom. The quantitative estimate of drug-likeness (QED) is 0.305. The number of guanidine groups is 1. The van der Waals surface area contributed by atoms with Crippen molar-refractivity contribution in [2.75, 3.05) is 52.9 Å². The van der Waals surface area contributed by atoms with E-state index in [1.165, 1.54) is 7.11 Å². The average molecular weight is 450 g/mol. The number of methoxy groups -OCH3 is 1. The molecule has 0 aromatic heterocycles. The molecule has 1 aromatic carbocycles. The molecule has 32 heavy (non-hydrogen) atoms. The van der Waals surface area contributed by atoms with Crippen molar-refractivity contribution < 1.29 is 14.2 Å². The van der Waals surface area contributed by atoms with E-state index in [9.17, 15) is 9.50 Å². The second-order valence-corrected chi connectivity index (χ2v) is 8.85. The van der Waals surface area contributed by atoms with Gasteiger partial charge in [0.15, 0.2) is 17.5 Å². The van der Waals surface area contributed by atoms with Gasteiger partial charge in [-0.25, -0.2) is 4.39 Å². The van der Waals surface area contributed by atoms with E-state index in [1.807, 2.05) is 6.07 Å². The van der Waals surface area contributed by atoms with Crippen LogP contribution in [0.2, 0.25) is 0 Å². The lowest BCUT2D eigenvalue weighted by molar-refractivity contribution is 0.0824. The van der Waals surface area contributed by atoms with Crippen molar-refractivity contribution in [2.24, 2.45) is 4.99 Å². The lowest BCUT2D eigenvalue weighted by atomic mass is 10.0. The second kappa shape index (κ2) is 13.0. The standard InChI is InChI=1S/C24H40FN5O2/c1-3-26-24(27-11-4-12-29-15-9-21(31)10-16-29)28-20-7-13-30(14-8-20)18-19-5-6-23(32-2)22(25)17-19/h5-6,17,20-21,31H,3-4,7-16,18H2,1-2H3,(H2,26,27,28). The highest BCUT2D eigenvalue weighted by Gasteiger charge is 2.21. The molecule has 180 valence electrons. The van der Waals surface area contributed by atoms with E-state index in [2.05, 4.69) is 27.4 Å². The van der Waals surface area contributed by atoms with Crippen LogP contribution in [0.25, 0.3) is 0 Å². The van der Waals surface area contributed by atoms with Crippen LogP contribution < -0.4 is 15.4 Å². The number of piperidine rings is 2. The number of benzene rings is 1. The number of nitrogens with one attached hydrogen (secondary N) is 2. The van der Waals surface area contributed by atoms with E-state index in [-0.39, 0.29) is 11.9 Å². The van der Waals surface area contributed by atoms with Crippen LogP contribution in [-0.4, -0.2) is 85.9 Å². The van der Waals surface area contributed by atoms with Crippen LogP contribution in [0.5, 0.6) is 5.75 Å². The van der Waals surface area contributed by atoms with E-state index < -0.39 is 0 Å². The Labute approximate surface area is 192 Å². The lowest BCUT2D eigenvalue weighted by Gasteiger charge is -2.33. The highest BCUT2D eigenvalue weighted by molar-refractivity contribution is 5.80. The first kappa shape index (κ1) is 24.7. The smallest absolute Gasteiger partial charge is 0.191 e. The largest absolute Gasteiger partial charge is 0.494 e. The summed E-state index contributed by atoms with van der Waals surface area (Å²) in [5, 5.41) is 16.6. The Bertz CT molecular complexity index is 716. The minimum absolute atomic E-state index is 0.113. The van der Waals surface area contributed by atoms with Crippen LogP contribution in [-0.2, 0) is 6.54 Å². The topological polar surface area (TPSA) is 72.4 Å². The number of likely N-dealkylation sites (tertiary alicyclic amines) is 2. The summed E-state index contributed by atoms with van der Waals surface area (Å²) in [4.78, 5) is 9.57. The summed E-state index contributed by atoms with van der Waals surface area (Å²) in [5.41, 5.74) is 0.979. The first-order valence-corrected chi connectivity index (χ1v) is 12.1. The van der Waals surface area contributed by atoms with Crippen molar-refractivity contribution >= 4 is 5.96 Å². The molecule has 0 amide bonds. The van der Waals surface area contributed by atoms with E-state index in [4.69, 9.17) is 9.73 Å². The number of aliphatic hydroxyl groups excluding tert-OH is 1. The molecule has 0 radical (unpaired) electrons. The maximum Gasteiger partial charge on any atom is 0.191 e. The molecule has 8 heteroatoms. The highest BCUT2D eigenvalue weighted by Crippen LogP contribution is 2.20. The minimum atomic E-state index is -0.300. The summed E-state index contributed by atoms with van der Waals surface area (Å²) in [6.45, 7) is 9.48. The minimum Gasteiger partial charge on any atom is -0.494 e. The van der Waals surface area contributed by atoms with Gasteiger partial charge in [0.1, 0.15) is 0 Å². The van der Waals surface area contributed by atoms with Crippen LogP contribution in [0, 0.1) is 5.82 Å². The van der Waals surface area contributed by atoms with Gasteiger partial charge in [-0.2, -0.15) is 0 Å². The third-order valence-corrected chi connectivity index (χ3v) is 6.35. The Hall–Kier alpha value is -1.90. The summed E-state index contributed by atoms with van der Waals surface area (Å²) < 4.78 is 19.0. The van der Waals surface area contributed by atoms with Gasteiger partial charge in [-0.05, 0) is 63.3 Å². The van der Waals surface area contributed by atoms with Crippen LogP contribution in [0.1, 0.15) is 44.6 Å². The first-order valence-electron chi connectivity index (χ1n) is 12.1. The fraction of sp³-hybridized carbons (Fsp3) is 0.708. The monoisotopic (exact) mass is 449 g/mol. The van der Waals surface area contributed by atoms with Gasteiger partial charge in [0.2, 0.25) is 0 Å². The van der Waals surface area contributed by atoms with Crippen molar-refractivity contribution in [3.63, 3.8) is 0 Å². The molecule has 0 saturated carbocycles. The Morgan fingerprint density at radius 2 is 1.88 bits per heavy atom. The third kappa shape index (κ3) is 7.90. The molecule has 2 saturated heterocycles. The molecule has 3 rings (SSSR count). The van der Waals surface area contributed by atoms with Crippen molar-refractivity contribution in [1.29, 1.82) is 0 Å². The normalized spacial score (nSPS) is 19.8. The highest BCUT2D eigenvalue weighted by atomic mass is 19.1. The molecule has 7 nitrogen and oxygen atoms in total. The van der Waals surface area contributed by atoms with E-state index in [0.29, 0.717) is 11.8 Å². The fourth-order valence-corrected chi connectivity index (χ4v) is 4.44. The van der Waals surface area contributed by atoms with Crippen molar-refractivity contribution in [1.82, 2.24) is 20.4 Å². The molecule has 3 N–H and O–H groups in total. The maximum absolute atomic E-state index is 13.9. The van der Waals surface area contributed by atoms with Crippen LogP contribution >= 0.6 is 0 Å². The third-order valence-electron chi connectivity index (χ3n) is 6.35. The van der Waals surface area contributed by atoms with Gasteiger partial charge in [-0.1, -0.05) is 6.07 Å². The van der Waals surface area contributed by atoms with E-state index >= 15 is 0 Å². The van der Waals surface area contributed by atoms with E-state index in [1.54, 1.807) is 12.1 Å². The molecule has 0 bridgehead atoms. The average Bonchev–Trinajstić information content (AvgIpc) is 2.79. The summed E-state index contributed by atoms with van der Waals surface area (Å²) in [6, 6.07) is 5.62. The number of halogens is 1. The molecular formula is C24H40FN5O2. The lowest BCUT2D eigenvalue weighted by Crippen LogP contribution is -2.48. The van der Waals surface area contributed by atoms with Gasteiger partial charge in [0.05, 0.1) is 13.2 Å². The van der Waals surface area contributed by atoms with Crippen molar-refractivity contribution in [3.05, 3.63) is 29.6 Å². The predicted octanol–water partition coefficient (Wildman–Crippen LogP) is 2.20. The number of aliphatic imine (C=N–C) groups is 1. The predicted molar refractivity (Wildman–Crippen MR) is 127 cm³/mol. The molecule has 0 atom stereocenters. The summed E-state index contributed by atoms with van der Waals surface area (Å²) in [7, 11) is 1.49. The first-order chi connectivity index (χ1) is 15.6. The van der Waals surface area contributed by atoms with E-state index in [0.717, 1.165) is 96.0 Å². The van der Waals surface area contributed by atoms with Gasteiger partial charge in [-0.3, -0.25) is 9.89 Å². The number of ether oxygens (including phenoxy) is 1. The van der Waals surface area contributed by atoms with Crippen LogP contribution in [0.3, 0.4) is 0 Å². The van der Waals surface area contributed by atoms with Gasteiger partial charge in [0.25, 0.3) is 0 Å². The molecular weight excluding hydrogens is 409 g/mol. The zero-order chi connectivity index (χ0) is 22.8. The number of hydrogen-bond acceptors (Lipinski definition) is 5. The maximum atomic E-state index is 13.9. The zero-order valence-corrected chi connectivity index (χ0v) is 19.7. The molecule has 0 unspecified atom stereocenters. The SMILES string of the molecule is CCNC(=NCCCN1CCC(O)CC1)NC1CCN(Cc2ccc(OC)c(F)c2)CC1. The zero-order valence-electron chi connectivity index (χ0n) is 19.7. The van der Waals surface area contributed by atoms with Crippen molar-refractivity contribution in [3.8, 4) is 5.75 Å². The summed E-state index contributed by atoms with van der Waals surface area (Å²) >= 11 is 0. The Morgan fingerprint density at radius 1 is 1.16 bits per heavy atom. The van der Waals surface area contributed by atoms with Crippen LogP contribution in [0.15, 0.2) is 23.2 Å². The molecule has 1 aromatic rings. The Kier molecular flexibility index (Phi) is 10.0. The van der Waals surface area contributed by atoms with Gasteiger partial charge in [0, 0.05) is 51.9 Å². The fourth-order valence-electron chi connectivity index (χ4n) is 4.44. The number of rotatable bonds is 9. The number of aliphatic hydroxyl groups is 1. The summed E-state index contributed by atoms with van der Waals surface area (Å²) in [6.07, 6.45) is 4.78. The number of hydrogen-bond donors (Lipinski definition) is 3. The van der Waals surface area contributed by atoms with Gasteiger partial charge in [-0.15, -0.1) is 0 Å². The van der Waals surface area contributed by atoms with Gasteiger partial charge < -0.3 is 25.4 Å². The summed E-state index contributed by atoms with van der Waals surface area (Å²) in [5.74, 6) is 0.893.